The van der Waals surface area contributed by atoms with Crippen molar-refractivity contribution in [3.63, 3.8) is 0 Å². The zero-order chi connectivity index (χ0) is 19.2. The molecule has 0 aliphatic rings. The Balaban J connectivity index is 1.62. The molecule has 3 rings (SSSR count). The second kappa shape index (κ2) is 8.64. The molecule has 0 atom stereocenters. The quantitative estimate of drug-likeness (QED) is 0.578. The molecule has 1 N–H and O–H groups in total. The summed E-state index contributed by atoms with van der Waals surface area (Å²) in [6, 6.07) is 13.8. The van der Waals surface area contributed by atoms with Gasteiger partial charge in [-0.05, 0) is 61.7 Å². The summed E-state index contributed by atoms with van der Waals surface area (Å²) in [7, 11) is 0. The average molecular weight is 378 g/mol. The van der Waals surface area contributed by atoms with E-state index >= 15 is 0 Å². The zero-order valence-electron chi connectivity index (χ0n) is 15.7. The summed E-state index contributed by atoms with van der Waals surface area (Å²) in [4.78, 5) is 16.7. The van der Waals surface area contributed by atoms with Gasteiger partial charge < -0.3 is 4.74 Å². The summed E-state index contributed by atoms with van der Waals surface area (Å²) >= 11 is 1.42. The van der Waals surface area contributed by atoms with Crippen molar-refractivity contribution in [2.24, 2.45) is 0 Å². The Morgan fingerprint density at radius 1 is 1.15 bits per heavy atom. The van der Waals surface area contributed by atoms with Crippen LogP contribution in [0, 0.1) is 13.8 Å². The predicted octanol–water partition coefficient (Wildman–Crippen LogP) is 5.48. The summed E-state index contributed by atoms with van der Waals surface area (Å²) < 4.78 is 5.41. The van der Waals surface area contributed by atoms with Gasteiger partial charge in [0, 0.05) is 17.0 Å². The van der Waals surface area contributed by atoms with Crippen LogP contribution in [0.3, 0.4) is 0 Å². The Bertz CT molecular complexity index is 959. The Morgan fingerprint density at radius 2 is 1.93 bits per heavy atom. The van der Waals surface area contributed by atoms with Crippen LogP contribution in [-0.2, 0) is 4.79 Å². The molecule has 0 radical (unpaired) electrons. The summed E-state index contributed by atoms with van der Waals surface area (Å²) in [5.74, 6) is 0.616. The van der Waals surface area contributed by atoms with Gasteiger partial charge in [-0.3, -0.25) is 10.1 Å². The summed E-state index contributed by atoms with van der Waals surface area (Å²) in [6.45, 7) is 6.75. The van der Waals surface area contributed by atoms with Crippen LogP contribution in [0.1, 0.15) is 23.6 Å². The molecule has 1 aromatic heterocycles. The summed E-state index contributed by atoms with van der Waals surface area (Å²) in [5.41, 5.74) is 5.34. The van der Waals surface area contributed by atoms with Crippen LogP contribution in [0.2, 0.25) is 0 Å². The van der Waals surface area contributed by atoms with Gasteiger partial charge in [-0.25, -0.2) is 4.98 Å². The predicted molar refractivity (Wildman–Crippen MR) is 112 cm³/mol. The first kappa shape index (κ1) is 18.9. The zero-order valence-corrected chi connectivity index (χ0v) is 16.5. The van der Waals surface area contributed by atoms with Crippen molar-refractivity contribution in [1.82, 2.24) is 4.98 Å². The molecule has 138 valence electrons. The number of benzene rings is 2. The molecule has 0 bridgehead atoms. The second-order valence-electron chi connectivity index (χ2n) is 6.16. The molecule has 0 saturated heterocycles. The van der Waals surface area contributed by atoms with Crippen LogP contribution in [0.5, 0.6) is 5.75 Å². The van der Waals surface area contributed by atoms with Gasteiger partial charge in [0.2, 0.25) is 5.91 Å². The Morgan fingerprint density at radius 3 is 2.63 bits per heavy atom. The molecule has 27 heavy (non-hydrogen) atoms. The number of aryl methyl sites for hydroxylation is 2. The van der Waals surface area contributed by atoms with Crippen molar-refractivity contribution in [2.75, 3.05) is 11.9 Å². The van der Waals surface area contributed by atoms with E-state index in [2.05, 4.69) is 42.3 Å². The summed E-state index contributed by atoms with van der Waals surface area (Å²) in [5, 5.41) is 5.36. The lowest BCUT2D eigenvalue weighted by molar-refractivity contribution is -0.111. The van der Waals surface area contributed by atoms with E-state index in [9.17, 15) is 4.79 Å². The number of hydrogen-bond donors (Lipinski definition) is 1. The highest BCUT2D eigenvalue weighted by molar-refractivity contribution is 7.14. The maximum absolute atomic E-state index is 12.1. The van der Waals surface area contributed by atoms with Crippen LogP contribution in [0.15, 0.2) is 53.9 Å². The van der Waals surface area contributed by atoms with Gasteiger partial charge in [0.15, 0.2) is 5.13 Å². The van der Waals surface area contributed by atoms with Gasteiger partial charge in [-0.1, -0.05) is 24.3 Å². The van der Waals surface area contributed by atoms with Crippen LogP contribution >= 0.6 is 11.3 Å². The minimum absolute atomic E-state index is 0.204. The van der Waals surface area contributed by atoms with Crippen LogP contribution in [0.25, 0.3) is 17.3 Å². The number of nitrogens with one attached hydrogen (secondary N) is 1. The number of hydrogen-bond acceptors (Lipinski definition) is 4. The van der Waals surface area contributed by atoms with Crippen molar-refractivity contribution in [3.8, 4) is 17.0 Å². The fourth-order valence-electron chi connectivity index (χ4n) is 2.53. The molecule has 0 aliphatic heterocycles. The fraction of sp³-hybridized carbons (Fsp3) is 0.182. The standard InChI is InChI=1S/C22H22N2O2S/c1-4-26-19-10-6-17(7-11-19)8-12-21(25)24-22-23-20(14-27-22)18-9-5-15(2)16(3)13-18/h5-14H,4H2,1-3H3,(H,23,24,25)/b12-8+. The Kier molecular flexibility index (Phi) is 6.04. The highest BCUT2D eigenvalue weighted by Gasteiger charge is 2.07. The number of carbonyl (C=O) groups is 1. The van der Waals surface area contributed by atoms with E-state index in [1.54, 1.807) is 6.08 Å². The highest BCUT2D eigenvalue weighted by atomic mass is 32.1. The average Bonchev–Trinajstić information content (AvgIpc) is 3.12. The molecule has 4 nitrogen and oxygen atoms in total. The van der Waals surface area contributed by atoms with Gasteiger partial charge in [-0.15, -0.1) is 11.3 Å². The monoisotopic (exact) mass is 378 g/mol. The lowest BCUT2D eigenvalue weighted by Gasteiger charge is -2.02. The van der Waals surface area contributed by atoms with E-state index in [1.807, 2.05) is 36.6 Å². The minimum Gasteiger partial charge on any atom is -0.494 e. The molecule has 0 saturated carbocycles. The molecule has 0 aliphatic carbocycles. The number of ether oxygens (including phenoxy) is 1. The third-order valence-electron chi connectivity index (χ3n) is 4.16. The van der Waals surface area contributed by atoms with Gasteiger partial charge >= 0.3 is 0 Å². The van der Waals surface area contributed by atoms with E-state index in [1.165, 1.54) is 28.5 Å². The first-order valence-electron chi connectivity index (χ1n) is 8.80. The second-order valence-corrected chi connectivity index (χ2v) is 7.02. The molecular formula is C22H22N2O2S. The van der Waals surface area contributed by atoms with Gasteiger partial charge in [0.05, 0.1) is 12.3 Å². The first-order valence-corrected chi connectivity index (χ1v) is 9.68. The van der Waals surface area contributed by atoms with Crippen LogP contribution in [-0.4, -0.2) is 17.5 Å². The molecule has 1 heterocycles. The Hall–Kier alpha value is -2.92. The van der Waals surface area contributed by atoms with E-state index in [0.717, 1.165) is 22.6 Å². The van der Waals surface area contributed by atoms with Crippen molar-refractivity contribution in [2.45, 2.75) is 20.8 Å². The normalized spacial score (nSPS) is 10.9. The molecule has 3 aromatic rings. The van der Waals surface area contributed by atoms with Crippen molar-refractivity contribution in [3.05, 3.63) is 70.6 Å². The third kappa shape index (κ3) is 5.05. The number of amides is 1. The van der Waals surface area contributed by atoms with Gasteiger partial charge in [0.25, 0.3) is 0 Å². The van der Waals surface area contributed by atoms with E-state index < -0.39 is 0 Å². The largest absolute Gasteiger partial charge is 0.494 e. The molecule has 1 amide bonds. The Labute approximate surface area is 163 Å². The molecular weight excluding hydrogens is 356 g/mol. The molecule has 5 heteroatoms. The van der Waals surface area contributed by atoms with Gasteiger partial charge in [0.1, 0.15) is 5.75 Å². The number of rotatable bonds is 6. The molecule has 2 aromatic carbocycles. The van der Waals surface area contributed by atoms with E-state index in [4.69, 9.17) is 4.74 Å². The van der Waals surface area contributed by atoms with Crippen LogP contribution < -0.4 is 10.1 Å². The molecule has 0 spiro atoms. The number of thiazole rings is 1. The van der Waals surface area contributed by atoms with Crippen molar-refractivity contribution in [1.29, 1.82) is 0 Å². The minimum atomic E-state index is -0.204. The molecule has 0 unspecified atom stereocenters. The number of carbonyl (C=O) groups excluding carboxylic acids is 1. The van der Waals surface area contributed by atoms with Crippen LogP contribution in [0.4, 0.5) is 5.13 Å². The SMILES string of the molecule is CCOc1ccc(/C=C/C(=O)Nc2nc(-c3ccc(C)c(C)c3)cs2)cc1. The lowest BCUT2D eigenvalue weighted by atomic mass is 10.1. The fourth-order valence-corrected chi connectivity index (χ4v) is 3.25. The highest BCUT2D eigenvalue weighted by Crippen LogP contribution is 2.26. The van der Waals surface area contributed by atoms with Crippen molar-refractivity contribution >= 4 is 28.5 Å². The number of aromatic nitrogens is 1. The first-order chi connectivity index (χ1) is 13.0. The van der Waals surface area contributed by atoms with Crippen molar-refractivity contribution < 1.29 is 9.53 Å². The molecule has 0 fully saturated rings. The lowest BCUT2D eigenvalue weighted by Crippen LogP contribution is -2.07. The van der Waals surface area contributed by atoms with Gasteiger partial charge in [-0.2, -0.15) is 0 Å². The number of nitrogens with zero attached hydrogens (tertiary/aromatic N) is 1. The van der Waals surface area contributed by atoms with E-state index in [0.29, 0.717) is 11.7 Å². The smallest absolute Gasteiger partial charge is 0.250 e. The third-order valence-corrected chi connectivity index (χ3v) is 4.91. The summed E-state index contributed by atoms with van der Waals surface area (Å²) in [6.07, 6.45) is 3.27. The maximum Gasteiger partial charge on any atom is 0.250 e. The maximum atomic E-state index is 12.1. The van der Waals surface area contributed by atoms with E-state index in [-0.39, 0.29) is 5.91 Å². The topological polar surface area (TPSA) is 51.2 Å². The number of anilines is 1.